The van der Waals surface area contributed by atoms with Crippen LogP contribution in [0.5, 0.6) is 0 Å². The van der Waals surface area contributed by atoms with Crippen LogP contribution in [0.3, 0.4) is 0 Å². The molecule has 0 fully saturated rings. The smallest absolute Gasteiger partial charge is 0.410 e. The predicted octanol–water partition coefficient (Wildman–Crippen LogP) is 3.80. The van der Waals surface area contributed by atoms with Crippen molar-refractivity contribution in [3.63, 3.8) is 0 Å². The third-order valence-corrected chi connectivity index (χ3v) is 4.89. The summed E-state index contributed by atoms with van der Waals surface area (Å²) in [6.07, 6.45) is -1.58. The van der Waals surface area contributed by atoms with Crippen LogP contribution in [0.4, 0.5) is 9.59 Å². The molecule has 0 saturated carbocycles. The van der Waals surface area contributed by atoms with E-state index >= 15 is 0 Å². The summed E-state index contributed by atoms with van der Waals surface area (Å²) in [4.78, 5) is 38.2. The Morgan fingerprint density at radius 1 is 1.03 bits per heavy atom. The molecule has 164 valence electrons. The van der Waals surface area contributed by atoms with Crippen LogP contribution >= 0.6 is 0 Å². The van der Waals surface area contributed by atoms with Crippen molar-refractivity contribution < 1.29 is 29.0 Å². The molecule has 0 heterocycles. The number of nitrogens with one attached hydrogen (secondary N) is 1. The zero-order valence-corrected chi connectivity index (χ0v) is 17.9. The molecule has 2 N–H and O–H groups in total. The topological polar surface area (TPSA) is 105 Å². The highest BCUT2D eigenvalue weighted by atomic mass is 16.6. The summed E-state index contributed by atoms with van der Waals surface area (Å²) < 4.78 is 10.1. The van der Waals surface area contributed by atoms with E-state index in [0.717, 1.165) is 22.3 Å². The molecule has 2 aromatic rings. The van der Waals surface area contributed by atoms with Crippen LogP contribution in [-0.4, -0.2) is 53.5 Å². The first-order valence-electron chi connectivity index (χ1n) is 9.87. The molecule has 1 aliphatic carbocycles. The quantitative estimate of drug-likeness (QED) is 0.753. The van der Waals surface area contributed by atoms with Gasteiger partial charge < -0.3 is 19.9 Å². The highest BCUT2D eigenvalue weighted by Gasteiger charge is 2.38. The lowest BCUT2D eigenvalue weighted by Crippen LogP contribution is -2.51. The van der Waals surface area contributed by atoms with Crippen LogP contribution in [-0.2, 0) is 14.3 Å². The largest absolute Gasteiger partial charge is 0.480 e. The number of ether oxygens (including phenoxy) is 2. The van der Waals surface area contributed by atoms with E-state index in [0.29, 0.717) is 0 Å². The molecule has 1 aliphatic rings. The maximum atomic E-state index is 12.8. The highest BCUT2D eigenvalue weighted by molar-refractivity contribution is 5.83. The molecule has 2 aromatic carbocycles. The first-order chi connectivity index (χ1) is 14.6. The maximum Gasteiger partial charge on any atom is 0.410 e. The minimum absolute atomic E-state index is 0.311. The van der Waals surface area contributed by atoms with Crippen LogP contribution in [0.25, 0.3) is 11.1 Å². The molecule has 0 saturated heterocycles. The van der Waals surface area contributed by atoms with E-state index < -0.39 is 35.8 Å². The lowest BCUT2D eigenvalue weighted by molar-refractivity contribution is -0.140. The van der Waals surface area contributed by atoms with Gasteiger partial charge in [-0.25, -0.2) is 14.4 Å². The third-order valence-electron chi connectivity index (χ3n) is 4.89. The SMILES string of the molecule is COC(=O)N(CC(NC(=O)OC(C)(C)C)C(=O)O)C1c2ccccc2-c2ccccc21. The molecule has 8 heteroatoms. The van der Waals surface area contributed by atoms with Gasteiger partial charge in [0.2, 0.25) is 0 Å². The second kappa shape index (κ2) is 8.67. The number of nitrogens with zero attached hydrogens (tertiary/aromatic N) is 1. The summed E-state index contributed by atoms with van der Waals surface area (Å²) >= 11 is 0. The number of fused-ring (bicyclic) bond motifs is 3. The van der Waals surface area contributed by atoms with Gasteiger partial charge in [-0.3, -0.25) is 4.90 Å². The molecule has 0 radical (unpaired) electrons. The van der Waals surface area contributed by atoms with Gasteiger partial charge in [0.05, 0.1) is 19.7 Å². The minimum Gasteiger partial charge on any atom is -0.480 e. The van der Waals surface area contributed by atoms with Crippen LogP contribution in [0.1, 0.15) is 37.9 Å². The molecule has 1 unspecified atom stereocenters. The summed E-state index contributed by atoms with van der Waals surface area (Å²) in [6.45, 7) is 4.72. The minimum atomic E-state index is -1.39. The van der Waals surface area contributed by atoms with Gasteiger partial charge in [-0.05, 0) is 43.0 Å². The van der Waals surface area contributed by atoms with Gasteiger partial charge >= 0.3 is 18.2 Å². The van der Waals surface area contributed by atoms with Crippen molar-refractivity contribution >= 4 is 18.2 Å². The summed E-state index contributed by atoms with van der Waals surface area (Å²) in [5.74, 6) is -1.29. The van der Waals surface area contributed by atoms with Crippen LogP contribution in [0.15, 0.2) is 48.5 Å². The van der Waals surface area contributed by atoms with Crippen molar-refractivity contribution in [2.24, 2.45) is 0 Å². The van der Waals surface area contributed by atoms with E-state index in [9.17, 15) is 19.5 Å². The maximum absolute atomic E-state index is 12.8. The Morgan fingerprint density at radius 2 is 1.55 bits per heavy atom. The van der Waals surface area contributed by atoms with Crippen LogP contribution in [0, 0.1) is 0 Å². The standard InChI is InChI=1S/C23H26N2O6/c1-23(2,3)31-21(28)24-18(20(26)27)13-25(22(29)30-4)19-16-11-7-5-9-14(16)15-10-6-8-12-17(15)19/h5-12,18-19H,13H2,1-4H3,(H,24,28)(H,26,27). The molecule has 8 nitrogen and oxygen atoms in total. The van der Waals surface area contributed by atoms with Gasteiger partial charge in [-0.2, -0.15) is 0 Å². The first-order valence-corrected chi connectivity index (χ1v) is 9.87. The number of rotatable bonds is 5. The van der Waals surface area contributed by atoms with E-state index in [1.54, 1.807) is 20.8 Å². The number of benzene rings is 2. The first kappa shape index (κ1) is 22.1. The average molecular weight is 426 g/mol. The van der Waals surface area contributed by atoms with Gasteiger partial charge in [-0.1, -0.05) is 48.5 Å². The van der Waals surface area contributed by atoms with Crippen molar-refractivity contribution in [1.82, 2.24) is 10.2 Å². The van der Waals surface area contributed by atoms with Gasteiger partial charge in [-0.15, -0.1) is 0 Å². The number of hydrogen-bond acceptors (Lipinski definition) is 5. The molecule has 31 heavy (non-hydrogen) atoms. The van der Waals surface area contributed by atoms with Crippen molar-refractivity contribution in [3.8, 4) is 11.1 Å². The van der Waals surface area contributed by atoms with Crippen LogP contribution in [0.2, 0.25) is 0 Å². The fourth-order valence-electron chi connectivity index (χ4n) is 3.70. The Morgan fingerprint density at radius 3 is 2.00 bits per heavy atom. The Hall–Kier alpha value is -3.55. The Labute approximate surface area is 180 Å². The molecular weight excluding hydrogens is 400 g/mol. The lowest BCUT2D eigenvalue weighted by atomic mass is 10.0. The molecular formula is C23H26N2O6. The molecule has 0 spiro atoms. The fraction of sp³-hybridized carbons (Fsp3) is 0.348. The highest BCUT2D eigenvalue weighted by Crippen LogP contribution is 2.46. The molecule has 3 rings (SSSR count). The summed E-state index contributed by atoms with van der Waals surface area (Å²) in [6, 6.07) is 13.3. The molecule has 0 aliphatic heterocycles. The van der Waals surface area contributed by atoms with E-state index in [2.05, 4.69) is 5.32 Å². The number of hydrogen-bond donors (Lipinski definition) is 2. The fourth-order valence-corrected chi connectivity index (χ4v) is 3.70. The van der Waals surface area contributed by atoms with E-state index in [1.165, 1.54) is 12.0 Å². The number of carboxylic acids is 1. The zero-order chi connectivity index (χ0) is 22.8. The number of amides is 2. The Bertz CT molecular complexity index is 952. The Balaban J connectivity index is 1.96. The van der Waals surface area contributed by atoms with Gasteiger partial charge in [0.15, 0.2) is 0 Å². The molecule has 1 atom stereocenters. The predicted molar refractivity (Wildman–Crippen MR) is 114 cm³/mol. The summed E-state index contributed by atoms with van der Waals surface area (Å²) in [7, 11) is 1.24. The number of carbonyl (C=O) groups is 3. The Kier molecular flexibility index (Phi) is 6.19. The number of carbonyl (C=O) groups excluding carboxylic acids is 2. The monoisotopic (exact) mass is 426 g/mol. The van der Waals surface area contributed by atoms with E-state index in [1.807, 2.05) is 48.5 Å². The van der Waals surface area contributed by atoms with Gasteiger partial charge in [0.1, 0.15) is 11.6 Å². The van der Waals surface area contributed by atoms with Crippen molar-refractivity contribution in [2.75, 3.05) is 13.7 Å². The number of methoxy groups -OCH3 is 1. The molecule has 0 aromatic heterocycles. The number of aliphatic carboxylic acids is 1. The summed E-state index contributed by atoms with van der Waals surface area (Å²) in [5, 5.41) is 12.1. The van der Waals surface area contributed by atoms with E-state index in [4.69, 9.17) is 9.47 Å². The lowest BCUT2D eigenvalue weighted by Gasteiger charge is -2.32. The third kappa shape index (κ3) is 4.79. The number of alkyl carbamates (subject to hydrolysis) is 1. The van der Waals surface area contributed by atoms with Crippen LogP contribution < -0.4 is 5.32 Å². The second-order valence-electron chi connectivity index (χ2n) is 8.24. The van der Waals surface area contributed by atoms with Crippen molar-refractivity contribution in [1.29, 1.82) is 0 Å². The summed E-state index contributed by atoms with van der Waals surface area (Å²) in [5.41, 5.74) is 2.84. The van der Waals surface area contributed by atoms with Gasteiger partial charge in [0.25, 0.3) is 0 Å². The van der Waals surface area contributed by atoms with Crippen molar-refractivity contribution in [3.05, 3.63) is 59.7 Å². The number of carboxylic acid groups (broad SMARTS) is 1. The normalized spacial score (nSPS) is 13.5. The van der Waals surface area contributed by atoms with E-state index in [-0.39, 0.29) is 6.54 Å². The molecule has 0 bridgehead atoms. The zero-order valence-electron chi connectivity index (χ0n) is 17.9. The van der Waals surface area contributed by atoms with Gasteiger partial charge in [0, 0.05) is 0 Å². The second-order valence-corrected chi connectivity index (χ2v) is 8.24. The molecule has 2 amide bonds. The average Bonchev–Trinajstić information content (AvgIpc) is 3.03. The van der Waals surface area contributed by atoms with Crippen molar-refractivity contribution in [2.45, 2.75) is 38.5 Å².